The van der Waals surface area contributed by atoms with Gasteiger partial charge in [0.15, 0.2) is 0 Å². The molecule has 1 atom stereocenters. The predicted molar refractivity (Wildman–Crippen MR) is 90.6 cm³/mol. The van der Waals surface area contributed by atoms with Crippen LogP contribution >= 0.6 is 0 Å². The van der Waals surface area contributed by atoms with Crippen molar-refractivity contribution >= 4 is 0 Å². The van der Waals surface area contributed by atoms with E-state index >= 15 is 0 Å². The molecule has 2 rings (SSSR count). The van der Waals surface area contributed by atoms with Gasteiger partial charge in [0.2, 0.25) is 0 Å². The van der Waals surface area contributed by atoms with Gasteiger partial charge in [0.25, 0.3) is 0 Å². The Labute approximate surface area is 134 Å². The standard InChI is InChI=1S/C18H30N2O2/c1-13(2)22-18-15(4)11-14(3)12-16(18)17(21)5-8-20-9-6-19-7-10-20/h11-13,17,19,21H,5-10H2,1-4H3. The van der Waals surface area contributed by atoms with Gasteiger partial charge in [-0.1, -0.05) is 11.6 Å². The van der Waals surface area contributed by atoms with Crippen molar-refractivity contribution in [3.05, 3.63) is 28.8 Å². The molecule has 1 unspecified atom stereocenters. The van der Waals surface area contributed by atoms with E-state index in [1.807, 2.05) is 13.8 Å². The van der Waals surface area contributed by atoms with Crippen molar-refractivity contribution in [2.75, 3.05) is 32.7 Å². The number of hydrogen-bond acceptors (Lipinski definition) is 4. The zero-order valence-electron chi connectivity index (χ0n) is 14.4. The van der Waals surface area contributed by atoms with Crippen molar-refractivity contribution in [3.63, 3.8) is 0 Å². The molecule has 4 heteroatoms. The van der Waals surface area contributed by atoms with Crippen LogP contribution in [0, 0.1) is 13.8 Å². The Balaban J connectivity index is 2.08. The number of rotatable bonds is 6. The van der Waals surface area contributed by atoms with E-state index in [0.717, 1.165) is 56.0 Å². The molecule has 4 nitrogen and oxygen atoms in total. The minimum Gasteiger partial charge on any atom is -0.490 e. The molecule has 124 valence electrons. The Kier molecular flexibility index (Phi) is 6.24. The van der Waals surface area contributed by atoms with Crippen LogP contribution in [-0.4, -0.2) is 48.8 Å². The highest BCUT2D eigenvalue weighted by Crippen LogP contribution is 2.32. The first-order valence-corrected chi connectivity index (χ1v) is 8.36. The van der Waals surface area contributed by atoms with Crippen molar-refractivity contribution in [1.29, 1.82) is 0 Å². The first kappa shape index (κ1) is 17.3. The Bertz CT molecular complexity index is 482. The van der Waals surface area contributed by atoms with E-state index in [1.165, 1.54) is 5.56 Å². The van der Waals surface area contributed by atoms with Crippen LogP contribution in [0.25, 0.3) is 0 Å². The number of hydrogen-bond donors (Lipinski definition) is 2. The molecule has 0 aliphatic carbocycles. The highest BCUT2D eigenvalue weighted by molar-refractivity contribution is 5.45. The van der Waals surface area contributed by atoms with E-state index in [1.54, 1.807) is 0 Å². The molecule has 0 saturated carbocycles. The number of benzene rings is 1. The minimum absolute atomic E-state index is 0.112. The summed E-state index contributed by atoms with van der Waals surface area (Å²) in [6.45, 7) is 13.3. The molecular weight excluding hydrogens is 276 g/mol. The largest absolute Gasteiger partial charge is 0.490 e. The summed E-state index contributed by atoms with van der Waals surface area (Å²) in [5.74, 6) is 0.855. The fourth-order valence-corrected chi connectivity index (χ4v) is 3.03. The van der Waals surface area contributed by atoms with Crippen LogP contribution in [0.1, 0.15) is 43.1 Å². The van der Waals surface area contributed by atoms with E-state index in [-0.39, 0.29) is 6.10 Å². The average molecular weight is 306 g/mol. The maximum atomic E-state index is 10.7. The van der Waals surface area contributed by atoms with Crippen molar-refractivity contribution in [2.45, 2.75) is 46.3 Å². The molecule has 1 aliphatic rings. The van der Waals surface area contributed by atoms with Gasteiger partial charge >= 0.3 is 0 Å². The van der Waals surface area contributed by atoms with Crippen LogP contribution in [0.3, 0.4) is 0 Å². The molecule has 1 aromatic carbocycles. The Morgan fingerprint density at radius 2 is 1.91 bits per heavy atom. The normalized spacial score (nSPS) is 17.7. The lowest BCUT2D eigenvalue weighted by molar-refractivity contribution is 0.130. The quantitative estimate of drug-likeness (QED) is 0.847. The van der Waals surface area contributed by atoms with E-state index < -0.39 is 6.10 Å². The summed E-state index contributed by atoms with van der Waals surface area (Å²) >= 11 is 0. The molecule has 1 heterocycles. The fraction of sp³-hybridized carbons (Fsp3) is 0.667. The summed E-state index contributed by atoms with van der Waals surface area (Å²) in [5.41, 5.74) is 3.20. The summed E-state index contributed by atoms with van der Waals surface area (Å²) in [5, 5.41) is 14.0. The van der Waals surface area contributed by atoms with Gasteiger partial charge in [-0.15, -0.1) is 0 Å². The maximum Gasteiger partial charge on any atom is 0.128 e. The summed E-state index contributed by atoms with van der Waals surface area (Å²) in [4.78, 5) is 2.41. The number of aliphatic hydroxyl groups excluding tert-OH is 1. The topological polar surface area (TPSA) is 44.7 Å². The number of piperazine rings is 1. The van der Waals surface area contributed by atoms with Gasteiger partial charge in [-0.2, -0.15) is 0 Å². The first-order valence-electron chi connectivity index (χ1n) is 8.36. The van der Waals surface area contributed by atoms with Crippen LogP contribution in [0.2, 0.25) is 0 Å². The third-order valence-corrected chi connectivity index (χ3v) is 4.09. The summed E-state index contributed by atoms with van der Waals surface area (Å²) in [7, 11) is 0. The second kappa shape index (κ2) is 7.95. The molecular formula is C18H30N2O2. The molecule has 1 aliphatic heterocycles. The molecule has 1 aromatic rings. The van der Waals surface area contributed by atoms with Crippen molar-refractivity contribution in [2.24, 2.45) is 0 Å². The molecule has 0 amide bonds. The molecule has 0 bridgehead atoms. The first-order chi connectivity index (χ1) is 10.5. The van der Waals surface area contributed by atoms with Gasteiger partial charge in [-0.25, -0.2) is 0 Å². The van der Waals surface area contributed by atoms with Gasteiger partial charge in [-0.3, -0.25) is 0 Å². The Morgan fingerprint density at radius 1 is 1.23 bits per heavy atom. The van der Waals surface area contributed by atoms with E-state index in [2.05, 4.69) is 36.2 Å². The van der Waals surface area contributed by atoms with Gasteiger partial charge in [-0.05, 0) is 45.7 Å². The highest BCUT2D eigenvalue weighted by Gasteiger charge is 2.19. The Hall–Kier alpha value is -1.10. The highest BCUT2D eigenvalue weighted by atomic mass is 16.5. The number of nitrogens with zero attached hydrogens (tertiary/aromatic N) is 1. The molecule has 1 saturated heterocycles. The third-order valence-electron chi connectivity index (χ3n) is 4.09. The van der Waals surface area contributed by atoms with Crippen molar-refractivity contribution in [1.82, 2.24) is 10.2 Å². The zero-order chi connectivity index (χ0) is 16.1. The van der Waals surface area contributed by atoms with Crippen LogP contribution in [-0.2, 0) is 0 Å². The van der Waals surface area contributed by atoms with Crippen LogP contribution in [0.4, 0.5) is 0 Å². The number of aryl methyl sites for hydroxylation is 2. The van der Waals surface area contributed by atoms with Crippen molar-refractivity contribution in [3.8, 4) is 5.75 Å². The van der Waals surface area contributed by atoms with Crippen LogP contribution in [0.5, 0.6) is 5.75 Å². The monoisotopic (exact) mass is 306 g/mol. The van der Waals surface area contributed by atoms with Crippen molar-refractivity contribution < 1.29 is 9.84 Å². The molecule has 22 heavy (non-hydrogen) atoms. The van der Waals surface area contributed by atoms with Crippen LogP contribution < -0.4 is 10.1 Å². The maximum absolute atomic E-state index is 10.7. The van der Waals surface area contributed by atoms with E-state index in [4.69, 9.17) is 4.74 Å². The molecule has 0 spiro atoms. The second-order valence-corrected chi connectivity index (χ2v) is 6.56. The van der Waals surface area contributed by atoms with Gasteiger partial charge in [0.1, 0.15) is 5.75 Å². The van der Waals surface area contributed by atoms with Crippen LogP contribution in [0.15, 0.2) is 12.1 Å². The lowest BCUT2D eigenvalue weighted by Crippen LogP contribution is -2.44. The SMILES string of the molecule is Cc1cc(C)c(OC(C)C)c(C(O)CCN2CCNCC2)c1. The fourth-order valence-electron chi connectivity index (χ4n) is 3.03. The Morgan fingerprint density at radius 3 is 2.55 bits per heavy atom. The lowest BCUT2D eigenvalue weighted by atomic mass is 9.99. The van der Waals surface area contributed by atoms with Gasteiger partial charge < -0.3 is 20.1 Å². The molecule has 0 aromatic heterocycles. The van der Waals surface area contributed by atoms with Gasteiger partial charge in [0.05, 0.1) is 12.2 Å². The third kappa shape index (κ3) is 4.70. The minimum atomic E-state index is -0.470. The summed E-state index contributed by atoms with van der Waals surface area (Å²) in [6, 6.07) is 4.18. The van der Waals surface area contributed by atoms with Gasteiger partial charge in [0, 0.05) is 38.3 Å². The number of nitrogens with one attached hydrogen (secondary N) is 1. The summed E-state index contributed by atoms with van der Waals surface area (Å²) < 4.78 is 5.96. The van der Waals surface area contributed by atoms with E-state index in [0.29, 0.717) is 0 Å². The van der Waals surface area contributed by atoms with E-state index in [9.17, 15) is 5.11 Å². The number of aliphatic hydroxyl groups is 1. The second-order valence-electron chi connectivity index (χ2n) is 6.56. The average Bonchev–Trinajstić information content (AvgIpc) is 2.48. The zero-order valence-corrected chi connectivity index (χ0v) is 14.4. The molecule has 1 fully saturated rings. The summed E-state index contributed by atoms with van der Waals surface area (Å²) in [6.07, 6.45) is 0.389. The smallest absolute Gasteiger partial charge is 0.128 e. The number of ether oxygens (including phenoxy) is 1. The lowest BCUT2D eigenvalue weighted by Gasteiger charge is -2.28. The molecule has 2 N–H and O–H groups in total. The molecule has 0 radical (unpaired) electrons. The predicted octanol–water partition coefficient (Wildman–Crippen LogP) is 2.42.